The molecular formula is C16H16Cl2N4O. The van der Waals surface area contributed by atoms with E-state index in [1.807, 2.05) is 6.07 Å². The van der Waals surface area contributed by atoms with Gasteiger partial charge in [0, 0.05) is 34.0 Å². The standard InChI is InChI=1S/C16H16Cl2N4O/c1-10(14-9-12(18)5-8-15(14)19-2)21-22-16(23)20-13-6-3-11(17)4-7-13/h3-9,19H,1-2H3,(H2,20,22,23)/b21-10+. The number of anilines is 2. The summed E-state index contributed by atoms with van der Waals surface area (Å²) >= 11 is 11.8. The van der Waals surface area contributed by atoms with E-state index in [0.29, 0.717) is 21.4 Å². The molecule has 0 saturated carbocycles. The summed E-state index contributed by atoms with van der Waals surface area (Å²) in [7, 11) is 1.81. The molecule has 7 heteroatoms. The van der Waals surface area contributed by atoms with Gasteiger partial charge in [-0.2, -0.15) is 5.10 Å². The molecule has 0 aliphatic carbocycles. The molecule has 5 nitrogen and oxygen atoms in total. The zero-order chi connectivity index (χ0) is 16.8. The van der Waals surface area contributed by atoms with Crippen LogP contribution in [0.3, 0.4) is 0 Å². The Labute approximate surface area is 144 Å². The van der Waals surface area contributed by atoms with Crippen molar-refractivity contribution in [2.24, 2.45) is 5.10 Å². The molecule has 0 aliphatic rings. The molecule has 0 unspecified atom stereocenters. The number of nitrogens with one attached hydrogen (secondary N) is 3. The van der Waals surface area contributed by atoms with Gasteiger partial charge < -0.3 is 10.6 Å². The molecule has 3 N–H and O–H groups in total. The average molecular weight is 351 g/mol. The highest BCUT2D eigenvalue weighted by atomic mass is 35.5. The second kappa shape index (κ2) is 7.85. The third kappa shape index (κ3) is 4.87. The van der Waals surface area contributed by atoms with E-state index in [9.17, 15) is 4.79 Å². The predicted octanol–water partition coefficient (Wildman–Crippen LogP) is 4.58. The molecule has 23 heavy (non-hydrogen) atoms. The molecule has 0 aliphatic heterocycles. The molecule has 2 rings (SSSR count). The summed E-state index contributed by atoms with van der Waals surface area (Å²) in [5.41, 5.74) is 5.38. The molecule has 0 aromatic heterocycles. The summed E-state index contributed by atoms with van der Waals surface area (Å²) < 4.78 is 0. The minimum Gasteiger partial charge on any atom is -0.388 e. The molecule has 0 atom stereocenters. The minimum absolute atomic E-state index is 0.445. The summed E-state index contributed by atoms with van der Waals surface area (Å²) in [6, 6.07) is 11.8. The van der Waals surface area contributed by atoms with Crippen LogP contribution in [0.4, 0.5) is 16.2 Å². The van der Waals surface area contributed by atoms with Crippen LogP contribution < -0.4 is 16.1 Å². The number of hydrogen-bond acceptors (Lipinski definition) is 3. The maximum atomic E-state index is 11.9. The lowest BCUT2D eigenvalue weighted by Crippen LogP contribution is -2.25. The van der Waals surface area contributed by atoms with Crippen molar-refractivity contribution in [3.05, 3.63) is 58.1 Å². The SMILES string of the molecule is CNc1ccc(Cl)cc1/C(C)=N/NC(=O)Nc1ccc(Cl)cc1. The fourth-order valence-corrected chi connectivity index (χ4v) is 2.22. The van der Waals surface area contributed by atoms with Crippen LogP contribution in [0.1, 0.15) is 12.5 Å². The second-order valence-corrected chi connectivity index (χ2v) is 5.58. The molecule has 2 amide bonds. The van der Waals surface area contributed by atoms with Gasteiger partial charge in [-0.05, 0) is 49.4 Å². The minimum atomic E-state index is -0.445. The zero-order valence-electron chi connectivity index (χ0n) is 12.7. The summed E-state index contributed by atoms with van der Waals surface area (Å²) in [6.45, 7) is 1.79. The van der Waals surface area contributed by atoms with Crippen LogP contribution in [0.15, 0.2) is 47.6 Å². The molecule has 0 heterocycles. The molecule has 2 aromatic rings. The average Bonchev–Trinajstić information content (AvgIpc) is 2.54. The monoisotopic (exact) mass is 350 g/mol. The first-order chi connectivity index (χ1) is 11.0. The lowest BCUT2D eigenvalue weighted by molar-refractivity contribution is 0.252. The van der Waals surface area contributed by atoms with Gasteiger partial charge in [-0.15, -0.1) is 0 Å². The van der Waals surface area contributed by atoms with Gasteiger partial charge in [0.25, 0.3) is 0 Å². The number of hydrazone groups is 1. The number of carbonyl (C=O) groups is 1. The lowest BCUT2D eigenvalue weighted by atomic mass is 10.1. The molecule has 120 valence electrons. The quantitative estimate of drug-likeness (QED) is 0.558. The van der Waals surface area contributed by atoms with Crippen molar-refractivity contribution in [2.45, 2.75) is 6.92 Å². The van der Waals surface area contributed by atoms with Crippen molar-refractivity contribution in [3.8, 4) is 0 Å². The van der Waals surface area contributed by atoms with Gasteiger partial charge in [-0.25, -0.2) is 10.2 Å². The number of hydrogen-bond donors (Lipinski definition) is 3. The number of urea groups is 1. The second-order valence-electron chi connectivity index (χ2n) is 4.71. The summed E-state index contributed by atoms with van der Waals surface area (Å²) in [4.78, 5) is 11.9. The highest BCUT2D eigenvalue weighted by molar-refractivity contribution is 6.31. The van der Waals surface area contributed by atoms with E-state index < -0.39 is 6.03 Å². The van der Waals surface area contributed by atoms with Crippen LogP contribution in [0, 0.1) is 0 Å². The maximum Gasteiger partial charge on any atom is 0.339 e. The van der Waals surface area contributed by atoms with Crippen molar-refractivity contribution < 1.29 is 4.79 Å². The topological polar surface area (TPSA) is 65.5 Å². The van der Waals surface area contributed by atoms with E-state index in [1.165, 1.54) is 0 Å². The van der Waals surface area contributed by atoms with Gasteiger partial charge in [-0.1, -0.05) is 23.2 Å². The number of amides is 2. The Morgan fingerprint density at radius 2 is 1.70 bits per heavy atom. The molecule has 0 spiro atoms. The molecule has 2 aromatic carbocycles. The van der Waals surface area contributed by atoms with Gasteiger partial charge in [-0.3, -0.25) is 0 Å². The number of carbonyl (C=O) groups excluding carboxylic acids is 1. The first-order valence-corrected chi connectivity index (χ1v) is 7.59. The molecular weight excluding hydrogens is 335 g/mol. The van der Waals surface area contributed by atoms with Gasteiger partial charge in [0.05, 0.1) is 5.71 Å². The Hall–Kier alpha value is -2.24. The Bertz CT molecular complexity index is 729. The normalized spacial score (nSPS) is 11.0. The van der Waals surface area contributed by atoms with E-state index in [4.69, 9.17) is 23.2 Å². The van der Waals surface area contributed by atoms with Gasteiger partial charge in [0.15, 0.2) is 0 Å². The van der Waals surface area contributed by atoms with E-state index >= 15 is 0 Å². The van der Waals surface area contributed by atoms with E-state index in [1.54, 1.807) is 50.4 Å². The van der Waals surface area contributed by atoms with Crippen molar-refractivity contribution in [2.75, 3.05) is 17.7 Å². The molecule has 0 saturated heterocycles. The van der Waals surface area contributed by atoms with E-state index in [2.05, 4.69) is 21.2 Å². The lowest BCUT2D eigenvalue weighted by Gasteiger charge is -2.10. The Balaban J connectivity index is 2.05. The van der Waals surface area contributed by atoms with Crippen molar-refractivity contribution in [1.29, 1.82) is 0 Å². The fraction of sp³-hybridized carbons (Fsp3) is 0.125. The van der Waals surface area contributed by atoms with Crippen LogP contribution in [-0.4, -0.2) is 18.8 Å². The van der Waals surface area contributed by atoms with Crippen LogP contribution in [-0.2, 0) is 0 Å². The first kappa shape index (κ1) is 17.1. The van der Waals surface area contributed by atoms with Crippen molar-refractivity contribution in [3.63, 3.8) is 0 Å². The number of benzene rings is 2. The number of halogens is 2. The number of nitrogens with zero attached hydrogens (tertiary/aromatic N) is 1. The predicted molar refractivity (Wildman–Crippen MR) is 96.8 cm³/mol. The van der Waals surface area contributed by atoms with E-state index in [0.717, 1.165) is 11.3 Å². The smallest absolute Gasteiger partial charge is 0.339 e. The molecule has 0 bridgehead atoms. The highest BCUT2D eigenvalue weighted by Gasteiger charge is 2.07. The van der Waals surface area contributed by atoms with Gasteiger partial charge in [0.2, 0.25) is 0 Å². The van der Waals surface area contributed by atoms with Crippen LogP contribution in [0.5, 0.6) is 0 Å². The molecule has 0 radical (unpaired) electrons. The first-order valence-electron chi connectivity index (χ1n) is 6.84. The fourth-order valence-electron chi connectivity index (χ4n) is 1.92. The third-order valence-corrected chi connectivity index (χ3v) is 3.56. The summed E-state index contributed by atoms with van der Waals surface area (Å²) in [5.74, 6) is 0. The Morgan fingerprint density at radius 3 is 2.35 bits per heavy atom. The highest BCUT2D eigenvalue weighted by Crippen LogP contribution is 2.21. The van der Waals surface area contributed by atoms with Gasteiger partial charge in [0.1, 0.15) is 0 Å². The summed E-state index contributed by atoms with van der Waals surface area (Å²) in [6.07, 6.45) is 0. The van der Waals surface area contributed by atoms with Crippen molar-refractivity contribution >= 4 is 46.3 Å². The third-order valence-electron chi connectivity index (χ3n) is 3.07. The Kier molecular flexibility index (Phi) is 5.84. The molecule has 0 fully saturated rings. The van der Waals surface area contributed by atoms with Gasteiger partial charge >= 0.3 is 6.03 Å². The largest absolute Gasteiger partial charge is 0.388 e. The van der Waals surface area contributed by atoms with Crippen LogP contribution in [0.2, 0.25) is 10.0 Å². The summed E-state index contributed by atoms with van der Waals surface area (Å²) in [5, 5.41) is 11.0. The Morgan fingerprint density at radius 1 is 1.04 bits per heavy atom. The van der Waals surface area contributed by atoms with Crippen molar-refractivity contribution in [1.82, 2.24) is 5.43 Å². The van der Waals surface area contributed by atoms with E-state index in [-0.39, 0.29) is 0 Å². The zero-order valence-corrected chi connectivity index (χ0v) is 14.2. The van der Waals surface area contributed by atoms with Crippen LogP contribution in [0.25, 0.3) is 0 Å². The number of rotatable bonds is 4. The maximum absolute atomic E-state index is 11.9. The van der Waals surface area contributed by atoms with Crippen LogP contribution >= 0.6 is 23.2 Å².